The minimum absolute atomic E-state index is 0.151. The molecule has 0 aliphatic carbocycles. The number of hydrogen-bond acceptors (Lipinski definition) is 7. The van der Waals surface area contributed by atoms with Gasteiger partial charge in [0.2, 0.25) is 5.91 Å². The first kappa shape index (κ1) is 23.1. The standard InChI is InChI=1S/C25H28N4O3S/c1-28-10-12-29(13-11-28)16-18-4-3-5-20(14-18)24-27-22(17-33-24)15-23(30)26-21-8-6-19(7-9-21)25(31)32-2/h3-9,14,17H,10-13,15-16H2,1-2H3,(H,26,30). The van der Waals surface area contributed by atoms with Crippen molar-refractivity contribution in [2.75, 3.05) is 45.7 Å². The SMILES string of the molecule is COC(=O)c1ccc(NC(=O)Cc2csc(-c3cccc(CN4CCN(C)CC4)c3)n2)cc1. The molecule has 1 aliphatic rings. The number of ether oxygens (including phenoxy) is 1. The summed E-state index contributed by atoms with van der Waals surface area (Å²) in [7, 11) is 3.50. The Morgan fingerprint density at radius 2 is 1.85 bits per heavy atom. The lowest BCUT2D eigenvalue weighted by Gasteiger charge is -2.32. The molecular weight excluding hydrogens is 436 g/mol. The van der Waals surface area contributed by atoms with Gasteiger partial charge in [0.25, 0.3) is 0 Å². The van der Waals surface area contributed by atoms with E-state index >= 15 is 0 Å². The lowest BCUT2D eigenvalue weighted by molar-refractivity contribution is -0.115. The summed E-state index contributed by atoms with van der Waals surface area (Å²) in [6.07, 6.45) is 0.191. The monoisotopic (exact) mass is 464 g/mol. The summed E-state index contributed by atoms with van der Waals surface area (Å²) < 4.78 is 4.69. The van der Waals surface area contributed by atoms with Crippen LogP contribution < -0.4 is 5.32 Å². The van der Waals surface area contributed by atoms with Gasteiger partial charge in [-0.15, -0.1) is 11.3 Å². The Kier molecular flexibility index (Phi) is 7.49. The van der Waals surface area contributed by atoms with Crippen LogP contribution in [0.2, 0.25) is 0 Å². The highest BCUT2D eigenvalue weighted by atomic mass is 32.1. The number of piperazine rings is 1. The number of esters is 1. The van der Waals surface area contributed by atoms with E-state index in [0.717, 1.165) is 49.0 Å². The molecule has 1 fully saturated rings. The Morgan fingerprint density at radius 3 is 2.58 bits per heavy atom. The van der Waals surface area contributed by atoms with Gasteiger partial charge in [-0.05, 0) is 42.9 Å². The summed E-state index contributed by atoms with van der Waals surface area (Å²) in [5, 5.41) is 5.70. The number of rotatable bonds is 7. The number of nitrogens with one attached hydrogen (secondary N) is 1. The number of amides is 1. The first-order valence-electron chi connectivity index (χ1n) is 10.9. The summed E-state index contributed by atoms with van der Waals surface area (Å²) in [6.45, 7) is 5.32. The predicted molar refractivity (Wildman–Crippen MR) is 130 cm³/mol. The van der Waals surface area contributed by atoms with Gasteiger partial charge in [0.15, 0.2) is 0 Å². The van der Waals surface area contributed by atoms with Gasteiger partial charge >= 0.3 is 5.97 Å². The van der Waals surface area contributed by atoms with Crippen LogP contribution in [0.3, 0.4) is 0 Å². The van der Waals surface area contributed by atoms with Crippen molar-refractivity contribution in [1.29, 1.82) is 0 Å². The third kappa shape index (κ3) is 6.25. The number of benzene rings is 2. The highest BCUT2D eigenvalue weighted by Gasteiger charge is 2.15. The van der Waals surface area contributed by atoms with Crippen molar-refractivity contribution in [2.45, 2.75) is 13.0 Å². The van der Waals surface area contributed by atoms with Crippen molar-refractivity contribution in [3.63, 3.8) is 0 Å². The van der Waals surface area contributed by atoms with E-state index in [1.54, 1.807) is 35.6 Å². The van der Waals surface area contributed by atoms with Gasteiger partial charge < -0.3 is 15.0 Å². The Labute approximate surface area is 198 Å². The Hall–Kier alpha value is -3.07. The van der Waals surface area contributed by atoms with Crippen LogP contribution in [-0.4, -0.2) is 67.0 Å². The van der Waals surface area contributed by atoms with Crippen LogP contribution in [-0.2, 0) is 22.5 Å². The smallest absolute Gasteiger partial charge is 0.337 e. The van der Waals surface area contributed by atoms with Crippen LogP contribution in [0.15, 0.2) is 53.9 Å². The van der Waals surface area contributed by atoms with E-state index < -0.39 is 5.97 Å². The average Bonchev–Trinajstić information content (AvgIpc) is 3.29. The van der Waals surface area contributed by atoms with Crippen molar-refractivity contribution in [3.8, 4) is 10.6 Å². The molecule has 0 atom stereocenters. The van der Waals surface area contributed by atoms with Gasteiger partial charge in [0, 0.05) is 49.4 Å². The molecule has 0 saturated carbocycles. The van der Waals surface area contributed by atoms with Crippen molar-refractivity contribution >= 4 is 28.9 Å². The van der Waals surface area contributed by atoms with Crippen LogP contribution in [0, 0.1) is 0 Å². The second-order valence-electron chi connectivity index (χ2n) is 8.22. The molecule has 2 heterocycles. The van der Waals surface area contributed by atoms with Crippen molar-refractivity contribution in [2.24, 2.45) is 0 Å². The van der Waals surface area contributed by atoms with E-state index in [9.17, 15) is 9.59 Å². The van der Waals surface area contributed by atoms with Gasteiger partial charge in [-0.3, -0.25) is 9.69 Å². The largest absolute Gasteiger partial charge is 0.465 e. The molecule has 0 spiro atoms. The maximum absolute atomic E-state index is 12.5. The molecule has 3 aromatic rings. The minimum Gasteiger partial charge on any atom is -0.465 e. The van der Waals surface area contributed by atoms with Crippen LogP contribution >= 0.6 is 11.3 Å². The summed E-state index contributed by atoms with van der Waals surface area (Å²) in [5.74, 6) is -0.558. The number of thiazole rings is 1. The molecule has 0 bridgehead atoms. The number of hydrogen-bond donors (Lipinski definition) is 1. The van der Waals surface area contributed by atoms with Gasteiger partial charge in [-0.25, -0.2) is 9.78 Å². The first-order chi connectivity index (χ1) is 16.0. The summed E-state index contributed by atoms with van der Waals surface area (Å²) in [4.78, 5) is 33.5. The lowest BCUT2D eigenvalue weighted by Crippen LogP contribution is -2.43. The van der Waals surface area contributed by atoms with E-state index in [1.165, 1.54) is 12.7 Å². The predicted octanol–water partition coefficient (Wildman–Crippen LogP) is 3.53. The lowest BCUT2D eigenvalue weighted by atomic mass is 10.1. The van der Waals surface area contributed by atoms with Crippen molar-refractivity contribution in [3.05, 3.63) is 70.7 Å². The molecule has 1 aromatic heterocycles. The summed E-state index contributed by atoms with van der Waals surface area (Å²) in [6, 6.07) is 15.1. The zero-order valence-corrected chi connectivity index (χ0v) is 19.7. The number of methoxy groups -OCH3 is 1. The fraction of sp³-hybridized carbons (Fsp3) is 0.320. The molecule has 1 saturated heterocycles. The van der Waals surface area contributed by atoms with E-state index in [-0.39, 0.29) is 12.3 Å². The molecule has 33 heavy (non-hydrogen) atoms. The third-order valence-electron chi connectivity index (χ3n) is 5.66. The topological polar surface area (TPSA) is 74.8 Å². The minimum atomic E-state index is -0.407. The fourth-order valence-electron chi connectivity index (χ4n) is 3.76. The third-order valence-corrected chi connectivity index (χ3v) is 6.60. The number of carbonyl (C=O) groups is 2. The number of nitrogens with zero attached hydrogens (tertiary/aromatic N) is 3. The normalized spacial score (nSPS) is 14.7. The molecule has 1 aliphatic heterocycles. The van der Waals surface area contributed by atoms with Gasteiger partial charge in [0.1, 0.15) is 5.01 Å². The maximum Gasteiger partial charge on any atom is 0.337 e. The van der Waals surface area contributed by atoms with Gasteiger partial charge in [0.05, 0.1) is 24.8 Å². The number of likely N-dealkylation sites (N-methyl/N-ethyl adjacent to an activating group) is 1. The van der Waals surface area contributed by atoms with Crippen LogP contribution in [0.1, 0.15) is 21.6 Å². The Morgan fingerprint density at radius 1 is 1.09 bits per heavy atom. The maximum atomic E-state index is 12.5. The van der Waals surface area contributed by atoms with Crippen LogP contribution in [0.25, 0.3) is 10.6 Å². The summed E-state index contributed by atoms with van der Waals surface area (Å²) in [5.41, 5.74) is 4.16. The van der Waals surface area contributed by atoms with Crippen molar-refractivity contribution < 1.29 is 14.3 Å². The zero-order valence-electron chi connectivity index (χ0n) is 18.9. The molecule has 1 amide bonds. The second kappa shape index (κ2) is 10.7. The van der Waals surface area contributed by atoms with Gasteiger partial charge in [-0.1, -0.05) is 18.2 Å². The molecular formula is C25H28N4O3S. The summed E-state index contributed by atoms with van der Waals surface area (Å²) >= 11 is 1.55. The first-order valence-corrected chi connectivity index (χ1v) is 11.8. The van der Waals surface area contributed by atoms with E-state index in [4.69, 9.17) is 0 Å². The number of aromatic nitrogens is 1. The number of anilines is 1. The van der Waals surface area contributed by atoms with E-state index in [1.807, 2.05) is 5.38 Å². The fourth-order valence-corrected chi connectivity index (χ4v) is 4.58. The van der Waals surface area contributed by atoms with E-state index in [2.05, 4.69) is 56.2 Å². The molecule has 2 aromatic carbocycles. The highest BCUT2D eigenvalue weighted by molar-refractivity contribution is 7.13. The molecule has 1 N–H and O–H groups in total. The molecule has 0 radical (unpaired) electrons. The highest BCUT2D eigenvalue weighted by Crippen LogP contribution is 2.25. The zero-order chi connectivity index (χ0) is 23.2. The number of carbonyl (C=O) groups excluding carboxylic acids is 2. The average molecular weight is 465 g/mol. The molecule has 8 heteroatoms. The van der Waals surface area contributed by atoms with Crippen molar-refractivity contribution in [1.82, 2.24) is 14.8 Å². The Balaban J connectivity index is 1.35. The molecule has 4 rings (SSSR count). The molecule has 7 nitrogen and oxygen atoms in total. The van der Waals surface area contributed by atoms with Crippen LogP contribution in [0.5, 0.6) is 0 Å². The quantitative estimate of drug-likeness (QED) is 0.540. The van der Waals surface area contributed by atoms with Gasteiger partial charge in [-0.2, -0.15) is 0 Å². The Bertz CT molecular complexity index is 1100. The van der Waals surface area contributed by atoms with E-state index in [0.29, 0.717) is 11.3 Å². The second-order valence-corrected chi connectivity index (χ2v) is 9.08. The molecule has 0 unspecified atom stereocenters. The molecule has 172 valence electrons. The van der Waals surface area contributed by atoms with Crippen LogP contribution in [0.4, 0.5) is 5.69 Å².